The van der Waals surface area contributed by atoms with Crippen LogP contribution in [0.15, 0.2) is 24.3 Å². The summed E-state index contributed by atoms with van der Waals surface area (Å²) < 4.78 is 5.50. The normalized spacial score (nSPS) is 11.6. The Labute approximate surface area is 146 Å². The maximum absolute atomic E-state index is 11.7. The van der Waals surface area contributed by atoms with Gasteiger partial charge in [0.25, 0.3) is 5.91 Å². The molecule has 1 rings (SSSR count). The molecule has 23 heavy (non-hydrogen) atoms. The average Bonchev–Trinajstić information content (AvgIpc) is 2.42. The second-order valence-electron chi connectivity index (χ2n) is 7.32. The molecular formula is C18H31ClN2O2. The van der Waals surface area contributed by atoms with Gasteiger partial charge in [-0.2, -0.15) is 0 Å². The highest BCUT2D eigenvalue weighted by Gasteiger charge is 2.14. The zero-order valence-corrected chi connectivity index (χ0v) is 16.0. The highest BCUT2D eigenvalue weighted by Crippen LogP contribution is 2.14. The number of rotatable bonds is 7. The van der Waals surface area contributed by atoms with Crippen LogP contribution in [0.1, 0.15) is 53.5 Å². The average molecular weight is 343 g/mol. The van der Waals surface area contributed by atoms with E-state index < -0.39 is 0 Å². The van der Waals surface area contributed by atoms with E-state index >= 15 is 0 Å². The summed E-state index contributed by atoms with van der Waals surface area (Å²) in [7, 11) is 0. The molecule has 0 fully saturated rings. The van der Waals surface area contributed by atoms with Crippen LogP contribution in [0.25, 0.3) is 0 Å². The summed E-state index contributed by atoms with van der Waals surface area (Å²) in [5.74, 6) is 0.602. The zero-order chi connectivity index (χ0) is 16.8. The van der Waals surface area contributed by atoms with Crippen LogP contribution >= 0.6 is 12.4 Å². The molecule has 0 spiro atoms. The maximum atomic E-state index is 11.7. The number of ether oxygens (including phenoxy) is 1. The van der Waals surface area contributed by atoms with Gasteiger partial charge in [-0.15, -0.1) is 12.4 Å². The largest absolute Gasteiger partial charge is 0.484 e. The molecule has 0 saturated carbocycles. The van der Waals surface area contributed by atoms with Crippen molar-refractivity contribution in [1.29, 1.82) is 0 Å². The summed E-state index contributed by atoms with van der Waals surface area (Å²) in [5, 5.41) is 6.39. The van der Waals surface area contributed by atoms with Crippen molar-refractivity contribution in [3.05, 3.63) is 29.8 Å². The molecule has 2 N–H and O–H groups in total. The van der Waals surface area contributed by atoms with Gasteiger partial charge >= 0.3 is 0 Å². The van der Waals surface area contributed by atoms with Gasteiger partial charge in [-0.25, -0.2) is 0 Å². The van der Waals surface area contributed by atoms with E-state index in [1.165, 1.54) is 5.56 Å². The minimum absolute atomic E-state index is 0. The molecule has 0 aliphatic rings. The summed E-state index contributed by atoms with van der Waals surface area (Å²) in [4.78, 5) is 11.7. The third-order valence-electron chi connectivity index (χ3n) is 3.46. The minimum Gasteiger partial charge on any atom is -0.484 e. The third-order valence-corrected chi connectivity index (χ3v) is 3.46. The van der Waals surface area contributed by atoms with E-state index in [2.05, 4.69) is 31.4 Å². The molecule has 0 heterocycles. The Balaban J connectivity index is 0.00000484. The number of hydrogen-bond donors (Lipinski definition) is 2. The van der Waals surface area contributed by atoms with Crippen molar-refractivity contribution in [3.63, 3.8) is 0 Å². The molecule has 0 aromatic heterocycles. The van der Waals surface area contributed by atoms with Gasteiger partial charge in [-0.1, -0.05) is 19.1 Å². The van der Waals surface area contributed by atoms with E-state index in [0.717, 1.165) is 13.0 Å². The molecule has 0 bridgehead atoms. The lowest BCUT2D eigenvalue weighted by Crippen LogP contribution is -2.43. The quantitative estimate of drug-likeness (QED) is 0.794. The van der Waals surface area contributed by atoms with E-state index in [4.69, 9.17) is 4.74 Å². The predicted octanol–water partition coefficient (Wildman–Crippen LogP) is 3.68. The molecule has 0 aliphatic heterocycles. The van der Waals surface area contributed by atoms with Gasteiger partial charge in [0.15, 0.2) is 6.61 Å². The topological polar surface area (TPSA) is 50.4 Å². The third kappa shape index (κ3) is 9.47. The van der Waals surface area contributed by atoms with Gasteiger partial charge in [0.05, 0.1) is 0 Å². The molecule has 1 aromatic rings. The van der Waals surface area contributed by atoms with Crippen LogP contribution < -0.4 is 15.4 Å². The van der Waals surface area contributed by atoms with Crippen LogP contribution in [-0.4, -0.2) is 23.6 Å². The Kier molecular flexibility index (Phi) is 8.64. The first-order valence-corrected chi connectivity index (χ1v) is 7.89. The number of carbonyl (C=O) groups excluding carboxylic acids is 1. The summed E-state index contributed by atoms with van der Waals surface area (Å²) in [5.41, 5.74) is 1.11. The molecule has 0 atom stereocenters. The lowest BCUT2D eigenvalue weighted by Gasteiger charge is -2.24. The summed E-state index contributed by atoms with van der Waals surface area (Å²) in [6, 6.07) is 7.85. The standard InChI is InChI=1S/C18H30N2O2.ClH/c1-7-18(5,6)19-12-14-8-10-15(11-9-14)22-13-16(21)20-17(2,3)4;/h8-11,19H,7,12-13H2,1-6H3,(H,20,21);1H. The van der Waals surface area contributed by atoms with Crippen molar-refractivity contribution < 1.29 is 9.53 Å². The molecule has 0 aliphatic carbocycles. The number of halogens is 1. The van der Waals surface area contributed by atoms with Crippen LogP contribution in [0.2, 0.25) is 0 Å². The van der Waals surface area contributed by atoms with Crippen LogP contribution in [0.5, 0.6) is 5.75 Å². The maximum Gasteiger partial charge on any atom is 0.258 e. The van der Waals surface area contributed by atoms with Crippen LogP contribution in [0.3, 0.4) is 0 Å². The Morgan fingerprint density at radius 1 is 1.09 bits per heavy atom. The van der Waals surface area contributed by atoms with Crippen molar-refractivity contribution in [2.75, 3.05) is 6.61 Å². The fraction of sp³-hybridized carbons (Fsp3) is 0.611. The fourth-order valence-electron chi connectivity index (χ4n) is 1.77. The highest BCUT2D eigenvalue weighted by atomic mass is 35.5. The van der Waals surface area contributed by atoms with Crippen molar-refractivity contribution in [3.8, 4) is 5.75 Å². The fourth-order valence-corrected chi connectivity index (χ4v) is 1.77. The van der Waals surface area contributed by atoms with E-state index in [-0.39, 0.29) is 36.0 Å². The first kappa shape index (κ1) is 21.7. The molecule has 0 saturated heterocycles. The number of nitrogens with one attached hydrogen (secondary N) is 2. The monoisotopic (exact) mass is 342 g/mol. The molecule has 0 unspecified atom stereocenters. The first-order chi connectivity index (χ1) is 10.1. The van der Waals surface area contributed by atoms with Crippen LogP contribution in [-0.2, 0) is 11.3 Å². The Morgan fingerprint density at radius 2 is 1.65 bits per heavy atom. The summed E-state index contributed by atoms with van der Waals surface area (Å²) in [6.07, 6.45) is 1.08. The summed E-state index contributed by atoms with van der Waals surface area (Å²) >= 11 is 0. The molecule has 1 amide bonds. The second-order valence-corrected chi connectivity index (χ2v) is 7.32. The zero-order valence-electron chi connectivity index (χ0n) is 15.2. The van der Waals surface area contributed by atoms with E-state index in [1.807, 2.05) is 45.0 Å². The van der Waals surface area contributed by atoms with Crippen molar-refractivity contribution in [2.45, 2.75) is 65.6 Å². The van der Waals surface area contributed by atoms with Gasteiger partial charge in [0.2, 0.25) is 0 Å². The van der Waals surface area contributed by atoms with E-state index in [9.17, 15) is 4.79 Å². The van der Waals surface area contributed by atoms with Crippen molar-refractivity contribution in [2.24, 2.45) is 0 Å². The van der Waals surface area contributed by atoms with E-state index in [1.54, 1.807) is 0 Å². The lowest BCUT2D eigenvalue weighted by atomic mass is 10.0. The molecular weight excluding hydrogens is 312 g/mol. The smallest absolute Gasteiger partial charge is 0.258 e. The van der Waals surface area contributed by atoms with Gasteiger partial charge in [-0.3, -0.25) is 4.79 Å². The van der Waals surface area contributed by atoms with Gasteiger partial charge in [0, 0.05) is 17.6 Å². The Morgan fingerprint density at radius 3 is 2.13 bits per heavy atom. The molecule has 132 valence electrons. The summed E-state index contributed by atoms with van der Waals surface area (Å²) in [6.45, 7) is 13.3. The molecule has 4 nitrogen and oxygen atoms in total. The SMILES string of the molecule is CCC(C)(C)NCc1ccc(OCC(=O)NC(C)(C)C)cc1.Cl. The molecule has 1 aromatic carbocycles. The number of carbonyl (C=O) groups is 1. The molecule has 0 radical (unpaired) electrons. The van der Waals surface area contributed by atoms with E-state index in [0.29, 0.717) is 5.75 Å². The number of amides is 1. The van der Waals surface area contributed by atoms with Gasteiger partial charge in [-0.05, 0) is 58.7 Å². The Bertz CT molecular complexity index is 479. The van der Waals surface area contributed by atoms with Crippen LogP contribution in [0, 0.1) is 0 Å². The van der Waals surface area contributed by atoms with Crippen molar-refractivity contribution >= 4 is 18.3 Å². The molecule has 5 heteroatoms. The predicted molar refractivity (Wildman–Crippen MR) is 98.3 cm³/mol. The first-order valence-electron chi connectivity index (χ1n) is 7.89. The number of hydrogen-bond acceptors (Lipinski definition) is 3. The Hall–Kier alpha value is -1.26. The van der Waals surface area contributed by atoms with Gasteiger partial charge < -0.3 is 15.4 Å². The van der Waals surface area contributed by atoms with Crippen molar-refractivity contribution in [1.82, 2.24) is 10.6 Å². The minimum atomic E-state index is -0.234. The number of benzene rings is 1. The van der Waals surface area contributed by atoms with Gasteiger partial charge in [0.1, 0.15) is 5.75 Å². The second kappa shape index (κ2) is 9.14. The van der Waals surface area contributed by atoms with Crippen LogP contribution in [0.4, 0.5) is 0 Å². The highest BCUT2D eigenvalue weighted by molar-refractivity contribution is 5.85. The lowest BCUT2D eigenvalue weighted by molar-refractivity contribution is -0.124.